The maximum Gasteiger partial charge on any atom is 0.335 e. The maximum atomic E-state index is 13.5. The van der Waals surface area contributed by atoms with Crippen molar-refractivity contribution in [2.24, 2.45) is 29.6 Å². The van der Waals surface area contributed by atoms with Crippen molar-refractivity contribution < 1.29 is 111 Å². The number of carboxylic acids is 2. The summed E-state index contributed by atoms with van der Waals surface area (Å²) < 4.78 is 101. The summed E-state index contributed by atoms with van der Waals surface area (Å²) in [5.74, 6) is -5.19. The second-order valence-corrected chi connectivity index (χ2v) is 22.1. The molecule has 3 aromatic carbocycles. The number of hydrogen-bond acceptors (Lipinski definition) is 21. The third-order valence-electron chi connectivity index (χ3n) is 16.9. The van der Waals surface area contributed by atoms with E-state index in [-0.39, 0.29) is 44.9 Å². The van der Waals surface area contributed by atoms with Gasteiger partial charge in [-0.1, -0.05) is 126 Å². The first-order valence-electron chi connectivity index (χ1n) is 28.3. The number of methoxy groups -OCH3 is 4. The molecule has 3 aromatic rings. The Bertz CT molecular complexity index is 2410. The predicted octanol–water partition coefficient (Wildman–Crippen LogP) is 3.93. The standard InChI is InChI=1S/C60H84O23/c1-31-32(2)46(68-6)57(75-39(31)25-61)79-44-34(4)48(70-8)59(83-52(44)54(64)65)81-50-40(26-62)76-60(51(42(50)63)74-29-38-23-17-12-18-24-38)80-45-35(5)47(69-7)58(82-53(45)55(66)67)78-43-33(3)49(73-28-37-21-15-11-16-22-37)56(71-9)77-41(43)30-72-27-36-19-13-10-14-20-36/h10-24,31-35,39-53,56-63H,25-30H2,1-9H3,(H,64,65)(H,66,67)/t31-,32-,33-,34-,35-,39+,40+,41+,42-,43-,44-,45-,46+,47+,48+,49+,50+,51+,52-,53+,56-,57+,58+,59+,60+/m0/s1. The minimum absolute atomic E-state index is 0.0507. The van der Waals surface area contributed by atoms with Gasteiger partial charge in [-0.3, -0.25) is 0 Å². The summed E-state index contributed by atoms with van der Waals surface area (Å²) in [4.78, 5) is 26.6. The van der Waals surface area contributed by atoms with Crippen LogP contribution >= 0.6 is 0 Å². The van der Waals surface area contributed by atoms with E-state index in [0.29, 0.717) is 5.56 Å². The Hall–Kier alpha value is -4.16. The maximum absolute atomic E-state index is 13.5. The number of aliphatic hydroxyl groups is 3. The zero-order valence-electron chi connectivity index (χ0n) is 48.4. The van der Waals surface area contributed by atoms with Crippen molar-refractivity contribution in [2.75, 3.05) is 48.3 Å². The van der Waals surface area contributed by atoms with Crippen LogP contribution < -0.4 is 0 Å². The van der Waals surface area contributed by atoms with Gasteiger partial charge >= 0.3 is 11.9 Å². The molecule has 23 heteroatoms. The van der Waals surface area contributed by atoms with Crippen LogP contribution in [0.3, 0.4) is 0 Å². The molecule has 462 valence electrons. The average Bonchev–Trinajstić information content (AvgIpc) is 3.49. The van der Waals surface area contributed by atoms with Crippen molar-refractivity contribution in [3.8, 4) is 0 Å². The van der Waals surface area contributed by atoms with Crippen molar-refractivity contribution in [1.29, 1.82) is 0 Å². The third kappa shape index (κ3) is 15.2. The van der Waals surface area contributed by atoms with Gasteiger partial charge in [0.25, 0.3) is 0 Å². The van der Waals surface area contributed by atoms with Crippen molar-refractivity contribution in [3.05, 3.63) is 108 Å². The summed E-state index contributed by atoms with van der Waals surface area (Å²) in [6, 6.07) is 28.3. The van der Waals surface area contributed by atoms with Gasteiger partial charge in [-0.25, -0.2) is 9.59 Å². The van der Waals surface area contributed by atoms with Gasteiger partial charge in [-0.15, -0.1) is 0 Å². The first-order chi connectivity index (χ1) is 40.0. The summed E-state index contributed by atoms with van der Waals surface area (Å²) in [6.07, 6.45) is -24.1. The van der Waals surface area contributed by atoms with Gasteiger partial charge in [0.2, 0.25) is 0 Å². The summed E-state index contributed by atoms with van der Waals surface area (Å²) >= 11 is 0. The molecule has 0 aliphatic carbocycles. The Morgan fingerprint density at radius 1 is 0.410 bits per heavy atom. The molecule has 25 atom stereocenters. The van der Waals surface area contributed by atoms with Crippen LogP contribution in [0.15, 0.2) is 91.0 Å². The van der Waals surface area contributed by atoms with Gasteiger partial charge in [-0.05, 0) is 28.5 Å². The monoisotopic (exact) mass is 1170 g/mol. The van der Waals surface area contributed by atoms with Crippen LogP contribution in [0.1, 0.15) is 51.3 Å². The zero-order chi connectivity index (χ0) is 59.5. The van der Waals surface area contributed by atoms with Crippen LogP contribution in [0.5, 0.6) is 0 Å². The quantitative estimate of drug-likeness (QED) is 0.0761. The largest absolute Gasteiger partial charge is 0.479 e. The molecule has 23 nitrogen and oxygen atoms in total. The van der Waals surface area contributed by atoms with E-state index in [0.717, 1.165) is 11.1 Å². The van der Waals surface area contributed by atoms with E-state index in [1.807, 2.05) is 87.5 Å². The lowest BCUT2D eigenvalue weighted by atomic mass is 9.83. The van der Waals surface area contributed by atoms with E-state index in [1.165, 1.54) is 28.4 Å². The van der Waals surface area contributed by atoms with E-state index in [9.17, 15) is 35.1 Å². The summed E-state index contributed by atoms with van der Waals surface area (Å²) in [7, 11) is 5.83. The lowest BCUT2D eigenvalue weighted by Gasteiger charge is -2.51. The van der Waals surface area contributed by atoms with Crippen molar-refractivity contribution in [1.82, 2.24) is 0 Å². The lowest BCUT2D eigenvalue weighted by molar-refractivity contribution is -0.386. The van der Waals surface area contributed by atoms with Crippen LogP contribution in [-0.4, -0.2) is 209 Å². The molecule has 5 aliphatic rings. The third-order valence-corrected chi connectivity index (χ3v) is 16.9. The Kier molecular flexibility index (Phi) is 23.8. The SMILES string of the molecule is CO[C@H]1O[C@H](COCc2ccccc2)[C@@H](O[C@@H]2O[C@@H](C(=O)O)[C@@H](O[C@H]3O[C@H](CO)[C@@H](O[C@@H]4O[C@H](C(=O)O)[C@@H](O[C@H]5O[C@H](CO)[C@@H](C)[C@H](C)[C@H]5OC)[C@H](C)[C@H]4OC)[C@H](O)[C@H]3OCc3ccccc3)[C@H](C)[C@H]2OC)[C@H](C)[C@H]1OCc1ccccc1. The summed E-state index contributed by atoms with van der Waals surface area (Å²) in [6.45, 7) is 8.54. The molecule has 0 amide bonds. The number of rotatable bonds is 26. The fourth-order valence-electron chi connectivity index (χ4n) is 12.0. The van der Waals surface area contributed by atoms with Gasteiger partial charge in [-0.2, -0.15) is 0 Å². The van der Waals surface area contributed by atoms with Gasteiger partial charge in [0, 0.05) is 46.2 Å². The number of aliphatic hydroxyl groups excluding tert-OH is 3. The van der Waals surface area contributed by atoms with E-state index in [4.69, 9.17) is 75.8 Å². The first kappa shape index (κ1) is 64.8. The molecule has 5 saturated heterocycles. The van der Waals surface area contributed by atoms with Gasteiger partial charge in [0.05, 0.1) is 51.8 Å². The molecule has 5 heterocycles. The van der Waals surface area contributed by atoms with Crippen molar-refractivity contribution >= 4 is 11.9 Å². The number of benzene rings is 3. The Morgan fingerprint density at radius 3 is 1.25 bits per heavy atom. The van der Waals surface area contributed by atoms with Crippen LogP contribution in [0.4, 0.5) is 0 Å². The molecule has 0 radical (unpaired) electrons. The molecular formula is C60H84O23. The lowest BCUT2D eigenvalue weighted by Crippen LogP contribution is -2.67. The van der Waals surface area contributed by atoms with Crippen molar-refractivity contribution in [2.45, 2.75) is 177 Å². The zero-order valence-corrected chi connectivity index (χ0v) is 48.4. The number of ether oxygens (including phenoxy) is 16. The highest BCUT2D eigenvalue weighted by molar-refractivity contribution is 5.74. The molecule has 0 saturated carbocycles. The molecule has 0 unspecified atom stereocenters. The number of hydrogen-bond donors (Lipinski definition) is 5. The fraction of sp³-hybridized carbons (Fsp3) is 0.667. The topological polar surface area (TPSA) is 283 Å². The van der Waals surface area contributed by atoms with Gasteiger partial charge in [0.15, 0.2) is 43.7 Å². The van der Waals surface area contributed by atoms with E-state index >= 15 is 0 Å². The molecule has 5 aliphatic heterocycles. The second-order valence-electron chi connectivity index (χ2n) is 22.1. The Balaban J connectivity index is 1.03. The first-order valence-corrected chi connectivity index (χ1v) is 28.3. The summed E-state index contributed by atoms with van der Waals surface area (Å²) in [5.41, 5.74) is 2.55. The molecule has 0 bridgehead atoms. The number of carboxylic acid groups (broad SMARTS) is 2. The molecule has 83 heavy (non-hydrogen) atoms. The Labute approximate surface area is 484 Å². The van der Waals surface area contributed by atoms with Crippen LogP contribution in [0.25, 0.3) is 0 Å². The molecule has 5 N–H and O–H groups in total. The predicted molar refractivity (Wildman–Crippen MR) is 290 cm³/mol. The smallest absolute Gasteiger partial charge is 0.335 e. The molecular weight excluding hydrogens is 1090 g/mol. The van der Waals surface area contributed by atoms with E-state index in [2.05, 4.69) is 0 Å². The molecule has 0 aromatic heterocycles. The van der Waals surface area contributed by atoms with Crippen molar-refractivity contribution in [3.63, 3.8) is 0 Å². The highest BCUT2D eigenvalue weighted by Crippen LogP contribution is 2.42. The van der Waals surface area contributed by atoms with Crippen LogP contribution in [0, 0.1) is 29.6 Å². The number of aliphatic carboxylic acids is 2. The second kappa shape index (κ2) is 30.5. The van der Waals surface area contributed by atoms with Gasteiger partial charge in [0.1, 0.15) is 67.1 Å². The van der Waals surface area contributed by atoms with E-state index < -0.39 is 159 Å². The fourth-order valence-corrected chi connectivity index (χ4v) is 12.0. The molecule has 8 rings (SSSR count). The van der Waals surface area contributed by atoms with E-state index in [1.54, 1.807) is 38.1 Å². The molecule has 0 spiro atoms. The van der Waals surface area contributed by atoms with Gasteiger partial charge < -0.3 is 101 Å². The van der Waals surface area contributed by atoms with Crippen LogP contribution in [-0.2, 0) is 105 Å². The minimum atomic E-state index is -1.75. The van der Waals surface area contributed by atoms with Crippen LogP contribution in [0.2, 0.25) is 0 Å². The Morgan fingerprint density at radius 2 is 0.795 bits per heavy atom. The normalized spacial score (nSPS) is 39.5. The highest BCUT2D eigenvalue weighted by atomic mass is 16.8. The molecule has 5 fully saturated rings. The number of carbonyl (C=O) groups is 2. The highest BCUT2D eigenvalue weighted by Gasteiger charge is 2.58. The summed E-state index contributed by atoms with van der Waals surface area (Å²) in [5, 5.41) is 55.3. The minimum Gasteiger partial charge on any atom is -0.479 e. The average molecular weight is 1170 g/mol.